The third kappa shape index (κ3) is 3.81. The molecule has 8 aromatic rings. The average Bonchev–Trinajstić information content (AvgIpc) is 3.41. The maximum Gasteiger partial charge on any atom is 0.138 e. The lowest BCUT2D eigenvalue weighted by atomic mass is 10.0. The summed E-state index contributed by atoms with van der Waals surface area (Å²) in [6, 6.07) is 47.1. The summed E-state index contributed by atoms with van der Waals surface area (Å²) in [6.45, 7) is 0. The summed E-state index contributed by atoms with van der Waals surface area (Å²) in [4.78, 5) is 12.0. The minimum absolute atomic E-state index is 0.890. The molecule has 3 aromatic heterocycles. The lowest BCUT2D eigenvalue weighted by Crippen LogP contribution is -2.11. The lowest BCUT2D eigenvalue weighted by Gasteiger charge is -2.25. The summed E-state index contributed by atoms with van der Waals surface area (Å²) in [6.07, 6.45) is 1.83. The number of aromatic nitrogens is 2. The van der Waals surface area contributed by atoms with Crippen LogP contribution in [0.5, 0.6) is 0 Å². The SMILES string of the molecule is c1ccc(N(c2ccc3ccc(-c4ccc5ncccc5c4)cc3n2)c2cccc3sc4ccccc4c23)cc1. The normalized spacial score (nSPS) is 11.5. The van der Waals surface area contributed by atoms with Crippen LogP contribution in [0.3, 0.4) is 0 Å². The summed E-state index contributed by atoms with van der Waals surface area (Å²) in [5.74, 6) is 0.890. The zero-order valence-corrected chi connectivity index (χ0v) is 22.3. The van der Waals surface area contributed by atoms with Gasteiger partial charge in [-0.3, -0.25) is 9.88 Å². The highest BCUT2D eigenvalue weighted by Crippen LogP contribution is 2.44. The molecule has 8 rings (SSSR count). The van der Waals surface area contributed by atoms with E-state index in [0.717, 1.165) is 50.1 Å². The second-order valence-electron chi connectivity index (χ2n) is 9.91. The van der Waals surface area contributed by atoms with Crippen molar-refractivity contribution in [3.05, 3.63) is 140 Å². The molecule has 0 saturated heterocycles. The zero-order chi connectivity index (χ0) is 26.5. The van der Waals surface area contributed by atoms with Gasteiger partial charge in [0.05, 0.1) is 16.7 Å². The molecule has 0 N–H and O–H groups in total. The summed E-state index contributed by atoms with van der Waals surface area (Å²) in [7, 11) is 0. The number of benzene rings is 5. The fraction of sp³-hybridized carbons (Fsp3) is 0. The van der Waals surface area contributed by atoms with Crippen LogP contribution in [0.1, 0.15) is 0 Å². The van der Waals surface area contributed by atoms with Gasteiger partial charge in [0.25, 0.3) is 0 Å². The standard InChI is InChI=1S/C36H23N3S/c1-2-9-28(10-3-1)39(32-12-6-14-34-36(32)29-11-4-5-13-33(29)40-34)35-20-18-24-15-16-26(23-31(24)38-35)25-17-19-30-27(22-25)8-7-21-37-30/h1-23H. The van der Waals surface area contributed by atoms with Crippen molar-refractivity contribution in [1.29, 1.82) is 0 Å². The first kappa shape index (κ1) is 22.9. The van der Waals surface area contributed by atoms with E-state index in [1.165, 1.54) is 20.2 Å². The first-order valence-corrected chi connectivity index (χ1v) is 14.1. The molecule has 0 aliphatic carbocycles. The van der Waals surface area contributed by atoms with Gasteiger partial charge in [0.1, 0.15) is 5.82 Å². The van der Waals surface area contributed by atoms with Crippen molar-refractivity contribution in [3.63, 3.8) is 0 Å². The molecule has 0 aliphatic rings. The van der Waals surface area contributed by atoms with Crippen molar-refractivity contribution in [2.45, 2.75) is 0 Å². The van der Waals surface area contributed by atoms with Gasteiger partial charge in [0.15, 0.2) is 0 Å². The summed E-state index contributed by atoms with van der Waals surface area (Å²) in [5, 5.41) is 4.77. The van der Waals surface area contributed by atoms with Crippen molar-refractivity contribution in [1.82, 2.24) is 9.97 Å². The highest BCUT2D eigenvalue weighted by atomic mass is 32.1. The van der Waals surface area contributed by atoms with Gasteiger partial charge in [-0.1, -0.05) is 66.7 Å². The molecule has 0 aliphatic heterocycles. The van der Waals surface area contributed by atoms with Crippen LogP contribution in [0.15, 0.2) is 140 Å². The van der Waals surface area contributed by atoms with Gasteiger partial charge >= 0.3 is 0 Å². The molecule has 0 atom stereocenters. The Kier molecular flexibility index (Phi) is 5.32. The Morgan fingerprint density at radius 2 is 1.35 bits per heavy atom. The van der Waals surface area contributed by atoms with E-state index in [1.54, 1.807) is 0 Å². The predicted molar refractivity (Wildman–Crippen MR) is 170 cm³/mol. The Labute approximate surface area is 235 Å². The van der Waals surface area contributed by atoms with Gasteiger partial charge in [-0.05, 0) is 77.9 Å². The van der Waals surface area contributed by atoms with E-state index in [9.17, 15) is 0 Å². The van der Waals surface area contributed by atoms with Crippen LogP contribution in [0, 0.1) is 0 Å². The topological polar surface area (TPSA) is 29.0 Å². The second kappa shape index (κ2) is 9.30. The number of hydrogen-bond donors (Lipinski definition) is 0. The van der Waals surface area contributed by atoms with Crippen LogP contribution in [0.2, 0.25) is 0 Å². The molecule has 5 aromatic carbocycles. The van der Waals surface area contributed by atoms with E-state index in [0.29, 0.717) is 0 Å². The molecule has 0 spiro atoms. The molecule has 3 heterocycles. The quantitative estimate of drug-likeness (QED) is 0.227. The molecule has 188 valence electrons. The minimum atomic E-state index is 0.890. The van der Waals surface area contributed by atoms with E-state index >= 15 is 0 Å². The summed E-state index contributed by atoms with van der Waals surface area (Å²) >= 11 is 1.83. The third-order valence-electron chi connectivity index (χ3n) is 7.48. The third-order valence-corrected chi connectivity index (χ3v) is 8.61. The molecule has 40 heavy (non-hydrogen) atoms. The number of hydrogen-bond acceptors (Lipinski definition) is 4. The highest BCUT2D eigenvalue weighted by Gasteiger charge is 2.19. The van der Waals surface area contributed by atoms with Crippen LogP contribution in [0.4, 0.5) is 17.2 Å². The molecular formula is C36H23N3S. The van der Waals surface area contributed by atoms with Gasteiger partial charge in [0.2, 0.25) is 0 Å². The Morgan fingerprint density at radius 3 is 2.30 bits per heavy atom. The Morgan fingerprint density at radius 1 is 0.550 bits per heavy atom. The molecule has 0 fully saturated rings. The Bertz CT molecular complexity index is 2180. The van der Waals surface area contributed by atoms with Crippen LogP contribution >= 0.6 is 11.3 Å². The minimum Gasteiger partial charge on any atom is -0.294 e. The number of thiophene rings is 1. The van der Waals surface area contributed by atoms with Crippen molar-refractivity contribution >= 4 is 70.5 Å². The molecular weight excluding hydrogens is 506 g/mol. The number of anilines is 3. The van der Waals surface area contributed by atoms with Crippen molar-refractivity contribution < 1.29 is 0 Å². The van der Waals surface area contributed by atoms with Crippen LogP contribution < -0.4 is 4.90 Å². The number of para-hydroxylation sites is 1. The van der Waals surface area contributed by atoms with Crippen molar-refractivity contribution in [2.24, 2.45) is 0 Å². The van der Waals surface area contributed by atoms with Gasteiger partial charge < -0.3 is 0 Å². The molecule has 4 heteroatoms. The van der Waals surface area contributed by atoms with E-state index < -0.39 is 0 Å². The highest BCUT2D eigenvalue weighted by molar-refractivity contribution is 7.26. The zero-order valence-electron chi connectivity index (χ0n) is 21.5. The predicted octanol–water partition coefficient (Wildman–Crippen LogP) is 10.3. The molecule has 0 bridgehead atoms. The van der Waals surface area contributed by atoms with Crippen LogP contribution in [-0.2, 0) is 0 Å². The lowest BCUT2D eigenvalue weighted by molar-refractivity contribution is 1.22. The average molecular weight is 530 g/mol. The Balaban J connectivity index is 1.32. The number of fused-ring (bicyclic) bond motifs is 5. The second-order valence-corrected chi connectivity index (χ2v) is 11.0. The van der Waals surface area contributed by atoms with Gasteiger partial charge in [0, 0.05) is 42.8 Å². The van der Waals surface area contributed by atoms with E-state index in [2.05, 4.69) is 137 Å². The van der Waals surface area contributed by atoms with E-state index in [1.807, 2.05) is 23.6 Å². The molecule has 3 nitrogen and oxygen atoms in total. The number of rotatable bonds is 4. The molecule has 0 radical (unpaired) electrons. The van der Waals surface area contributed by atoms with E-state index in [4.69, 9.17) is 4.98 Å². The first-order chi connectivity index (χ1) is 19.8. The van der Waals surface area contributed by atoms with Crippen LogP contribution in [0.25, 0.3) is 53.1 Å². The molecule has 0 saturated carbocycles. The van der Waals surface area contributed by atoms with E-state index in [-0.39, 0.29) is 0 Å². The maximum atomic E-state index is 5.27. The van der Waals surface area contributed by atoms with Gasteiger partial charge in [-0.2, -0.15) is 0 Å². The largest absolute Gasteiger partial charge is 0.294 e. The van der Waals surface area contributed by atoms with Crippen LogP contribution in [-0.4, -0.2) is 9.97 Å². The molecule has 0 amide bonds. The maximum absolute atomic E-state index is 5.27. The summed E-state index contributed by atoms with van der Waals surface area (Å²) < 4.78 is 2.56. The van der Waals surface area contributed by atoms with Crippen molar-refractivity contribution in [2.75, 3.05) is 4.90 Å². The molecule has 0 unspecified atom stereocenters. The summed E-state index contributed by atoms with van der Waals surface area (Å²) in [5.41, 5.74) is 6.47. The van der Waals surface area contributed by atoms with Gasteiger partial charge in [-0.25, -0.2) is 4.98 Å². The Hall–Kier alpha value is -5.06. The van der Waals surface area contributed by atoms with Crippen molar-refractivity contribution in [3.8, 4) is 11.1 Å². The number of nitrogens with zero attached hydrogens (tertiary/aromatic N) is 3. The first-order valence-electron chi connectivity index (χ1n) is 13.3. The fourth-order valence-electron chi connectivity index (χ4n) is 5.58. The number of pyridine rings is 2. The fourth-order valence-corrected chi connectivity index (χ4v) is 6.71. The smallest absolute Gasteiger partial charge is 0.138 e. The van der Waals surface area contributed by atoms with Gasteiger partial charge in [-0.15, -0.1) is 11.3 Å². The monoisotopic (exact) mass is 529 g/mol.